The molecule has 2 N–H and O–H groups in total. The molecule has 78 valence electrons. The third kappa shape index (κ3) is 5.85. The molecule has 0 radical (unpaired) electrons. The molecule has 0 saturated carbocycles. The minimum Gasteiger partial charge on any atom is -0.458 e. The number of hydrogen-bond acceptors (Lipinski definition) is 3. The molecule has 0 aliphatic carbocycles. The zero-order chi connectivity index (χ0) is 11.1. The lowest BCUT2D eigenvalue weighted by atomic mass is 9.89. The second-order valence-corrected chi connectivity index (χ2v) is 3.67. The number of rotatable bonds is 4. The van der Waals surface area contributed by atoms with Crippen molar-refractivity contribution in [1.29, 1.82) is 0 Å². The Morgan fingerprint density at radius 1 is 1.31 bits per heavy atom. The molecular formula is C9H21BO3. The molecule has 0 amide bonds. The Morgan fingerprint density at radius 3 is 1.92 bits per heavy atom. The van der Waals surface area contributed by atoms with Gasteiger partial charge in [0.2, 0.25) is 0 Å². The van der Waals surface area contributed by atoms with Gasteiger partial charge in [-0.3, -0.25) is 0 Å². The van der Waals surface area contributed by atoms with Crippen molar-refractivity contribution in [3.63, 3.8) is 0 Å². The molecule has 0 spiro atoms. The van der Waals surface area contributed by atoms with Crippen LogP contribution < -0.4 is 0 Å². The summed E-state index contributed by atoms with van der Waals surface area (Å²) in [5, 5.41) is 16.6. The van der Waals surface area contributed by atoms with Crippen LogP contribution >= 0.6 is 0 Å². The Hall–Kier alpha value is -0.315. The molecule has 13 heavy (non-hydrogen) atoms. The maximum Gasteiger partial charge on any atom is 0.252 e. The second-order valence-electron chi connectivity index (χ2n) is 3.67. The third-order valence-corrected chi connectivity index (χ3v) is 2.04. The summed E-state index contributed by atoms with van der Waals surface area (Å²) >= 11 is 0. The van der Waals surface area contributed by atoms with Crippen molar-refractivity contribution in [1.82, 2.24) is 0 Å². The lowest BCUT2D eigenvalue weighted by molar-refractivity contribution is -0.139. The third-order valence-electron chi connectivity index (χ3n) is 2.04. The van der Waals surface area contributed by atoms with E-state index in [1.807, 2.05) is 13.8 Å². The molecule has 0 bridgehead atoms. The zero-order valence-electron chi connectivity index (χ0n) is 9.29. The average Bonchev–Trinajstić information content (AvgIpc) is 2.03. The first-order chi connectivity index (χ1) is 5.81. The van der Waals surface area contributed by atoms with Crippen LogP contribution in [-0.4, -0.2) is 36.0 Å². The van der Waals surface area contributed by atoms with Gasteiger partial charge in [-0.25, -0.2) is 0 Å². The minimum absolute atomic E-state index is 0.469. The first kappa shape index (κ1) is 15.2. The van der Waals surface area contributed by atoms with E-state index in [1.54, 1.807) is 19.9 Å². The Morgan fingerprint density at radius 2 is 1.69 bits per heavy atom. The molecular weight excluding hydrogens is 167 g/mol. The summed E-state index contributed by atoms with van der Waals surface area (Å²) in [6, 6.07) is 0. The highest BCUT2D eigenvalue weighted by atomic mass is 16.5. The van der Waals surface area contributed by atoms with Crippen LogP contribution in [-0.2, 0) is 4.74 Å². The second kappa shape index (κ2) is 6.19. The monoisotopic (exact) mass is 188 g/mol. The van der Waals surface area contributed by atoms with Crippen molar-refractivity contribution < 1.29 is 14.9 Å². The number of ether oxygens (including phenoxy) is 1. The summed E-state index contributed by atoms with van der Waals surface area (Å²) in [5.74, 6) is 0. The molecule has 0 unspecified atom stereocenters. The van der Waals surface area contributed by atoms with Crippen molar-refractivity contribution in [2.45, 2.75) is 38.9 Å². The highest BCUT2D eigenvalue weighted by Gasteiger charge is 2.35. The van der Waals surface area contributed by atoms with Gasteiger partial charge in [-0.1, -0.05) is 6.08 Å². The van der Waals surface area contributed by atoms with Gasteiger partial charge >= 0.3 is 0 Å². The molecule has 0 atom stereocenters. The SMILES string of the molecule is BO.C=CCOC(C)(C)C(C)(C)O. The summed E-state index contributed by atoms with van der Waals surface area (Å²) in [5.41, 5.74) is -1.35. The van der Waals surface area contributed by atoms with Crippen LogP contribution in [0.3, 0.4) is 0 Å². The Kier molecular flexibility index (Phi) is 7.22. The maximum atomic E-state index is 9.61. The first-order valence-corrected chi connectivity index (χ1v) is 4.23. The summed E-state index contributed by atoms with van der Waals surface area (Å²) in [6.45, 7) is 11.2. The van der Waals surface area contributed by atoms with Gasteiger partial charge in [-0.15, -0.1) is 6.58 Å². The van der Waals surface area contributed by atoms with E-state index < -0.39 is 11.2 Å². The zero-order valence-corrected chi connectivity index (χ0v) is 9.29. The quantitative estimate of drug-likeness (QED) is 0.491. The fourth-order valence-electron chi connectivity index (χ4n) is 0.444. The molecule has 0 aromatic heterocycles. The van der Waals surface area contributed by atoms with Gasteiger partial charge < -0.3 is 14.9 Å². The van der Waals surface area contributed by atoms with Gasteiger partial charge in [0.05, 0.1) is 17.8 Å². The standard InChI is InChI=1S/C9H18O2.BH3O/c1-6-7-11-9(4,5)8(2,3)10;1-2/h6,10H,1,7H2,2-5H3;2H,1H2. The van der Waals surface area contributed by atoms with Crippen molar-refractivity contribution in [3.8, 4) is 0 Å². The molecule has 3 nitrogen and oxygen atoms in total. The van der Waals surface area contributed by atoms with Crippen LogP contribution in [0.2, 0.25) is 0 Å². The summed E-state index contributed by atoms with van der Waals surface area (Å²) in [6.07, 6.45) is 1.67. The molecule has 0 fully saturated rings. The van der Waals surface area contributed by atoms with E-state index in [9.17, 15) is 5.11 Å². The highest BCUT2D eigenvalue weighted by molar-refractivity contribution is 5.95. The van der Waals surface area contributed by atoms with Gasteiger partial charge in [0.25, 0.3) is 8.05 Å². The van der Waals surface area contributed by atoms with Crippen molar-refractivity contribution in [3.05, 3.63) is 12.7 Å². The van der Waals surface area contributed by atoms with E-state index in [1.165, 1.54) is 0 Å². The van der Waals surface area contributed by atoms with Gasteiger partial charge in [0.15, 0.2) is 0 Å². The smallest absolute Gasteiger partial charge is 0.252 e. The molecule has 0 aliphatic rings. The number of hydrogen-bond donors (Lipinski definition) is 2. The van der Waals surface area contributed by atoms with Crippen molar-refractivity contribution in [2.75, 3.05) is 6.61 Å². The summed E-state index contributed by atoms with van der Waals surface area (Å²) in [4.78, 5) is 0. The van der Waals surface area contributed by atoms with E-state index in [4.69, 9.17) is 9.76 Å². The predicted molar refractivity (Wildman–Crippen MR) is 57.3 cm³/mol. The molecule has 4 heteroatoms. The van der Waals surface area contributed by atoms with E-state index in [-0.39, 0.29) is 0 Å². The summed E-state index contributed by atoms with van der Waals surface area (Å²) < 4.78 is 5.38. The van der Waals surface area contributed by atoms with Crippen LogP contribution in [0, 0.1) is 0 Å². The van der Waals surface area contributed by atoms with Crippen LogP contribution in [0.4, 0.5) is 0 Å². The lowest BCUT2D eigenvalue weighted by Crippen LogP contribution is -2.47. The van der Waals surface area contributed by atoms with Gasteiger partial charge in [-0.2, -0.15) is 0 Å². The lowest BCUT2D eigenvalue weighted by Gasteiger charge is -2.36. The van der Waals surface area contributed by atoms with Crippen LogP contribution in [0.5, 0.6) is 0 Å². The van der Waals surface area contributed by atoms with E-state index >= 15 is 0 Å². The molecule has 0 heterocycles. The molecule has 0 rings (SSSR count). The van der Waals surface area contributed by atoms with E-state index in [0.29, 0.717) is 6.61 Å². The average molecular weight is 188 g/mol. The van der Waals surface area contributed by atoms with Crippen LogP contribution in [0.25, 0.3) is 0 Å². The maximum absolute atomic E-state index is 9.61. The topological polar surface area (TPSA) is 49.7 Å². The van der Waals surface area contributed by atoms with E-state index in [0.717, 1.165) is 8.05 Å². The predicted octanol–water partition coefficient (Wildman–Crippen LogP) is 0.265. The number of aliphatic hydroxyl groups is 1. The molecule has 0 aromatic rings. The largest absolute Gasteiger partial charge is 0.458 e. The van der Waals surface area contributed by atoms with Crippen molar-refractivity contribution in [2.24, 2.45) is 0 Å². The summed E-state index contributed by atoms with van der Waals surface area (Å²) in [7, 11) is 1.00. The van der Waals surface area contributed by atoms with Gasteiger partial charge in [-0.05, 0) is 27.7 Å². The highest BCUT2D eigenvalue weighted by Crippen LogP contribution is 2.24. The Labute approximate surface area is 81.9 Å². The van der Waals surface area contributed by atoms with Gasteiger partial charge in [0.1, 0.15) is 0 Å². The molecule has 0 saturated heterocycles. The van der Waals surface area contributed by atoms with Crippen molar-refractivity contribution >= 4 is 8.05 Å². The Balaban J connectivity index is 0. The fraction of sp³-hybridized carbons (Fsp3) is 0.778. The van der Waals surface area contributed by atoms with Crippen LogP contribution in [0.1, 0.15) is 27.7 Å². The molecule has 0 aliphatic heterocycles. The van der Waals surface area contributed by atoms with E-state index in [2.05, 4.69) is 6.58 Å². The van der Waals surface area contributed by atoms with Crippen LogP contribution in [0.15, 0.2) is 12.7 Å². The fourth-order valence-corrected chi connectivity index (χ4v) is 0.444. The normalized spacial score (nSPS) is 11.5. The Bertz CT molecular complexity index is 138. The first-order valence-electron chi connectivity index (χ1n) is 4.23. The van der Waals surface area contributed by atoms with Gasteiger partial charge in [0, 0.05) is 0 Å². The minimum atomic E-state index is -0.823. The molecule has 0 aromatic carbocycles.